The summed E-state index contributed by atoms with van der Waals surface area (Å²) in [4.78, 5) is 14.6. The number of benzene rings is 2. The summed E-state index contributed by atoms with van der Waals surface area (Å²) in [5.74, 6) is 0.0765. The summed E-state index contributed by atoms with van der Waals surface area (Å²) < 4.78 is 18.3. The van der Waals surface area contributed by atoms with Crippen molar-refractivity contribution in [2.75, 3.05) is 19.7 Å². The van der Waals surface area contributed by atoms with Gasteiger partial charge in [0, 0.05) is 31.5 Å². The van der Waals surface area contributed by atoms with Crippen LogP contribution in [0, 0.1) is 0 Å². The molecule has 1 saturated heterocycles. The molecular formula is C25H31NO4S. The van der Waals surface area contributed by atoms with Crippen LogP contribution in [0.15, 0.2) is 60.7 Å². The molecule has 2 aromatic carbocycles. The van der Waals surface area contributed by atoms with Crippen LogP contribution in [0.4, 0.5) is 0 Å². The van der Waals surface area contributed by atoms with E-state index in [4.69, 9.17) is 26.4 Å². The fraction of sp³-hybridized carbons (Fsp3) is 0.440. The van der Waals surface area contributed by atoms with Gasteiger partial charge in [0.1, 0.15) is 12.7 Å². The number of rotatable bonds is 10. The molecule has 0 N–H and O–H groups in total. The lowest BCUT2D eigenvalue weighted by Crippen LogP contribution is -2.36. The Morgan fingerprint density at radius 1 is 1.06 bits per heavy atom. The molecule has 0 spiro atoms. The molecule has 31 heavy (non-hydrogen) atoms. The highest BCUT2D eigenvalue weighted by Crippen LogP contribution is 2.28. The van der Waals surface area contributed by atoms with Crippen molar-refractivity contribution in [2.45, 2.75) is 51.6 Å². The monoisotopic (exact) mass is 441 g/mol. The van der Waals surface area contributed by atoms with Crippen LogP contribution in [0.1, 0.15) is 42.6 Å². The van der Waals surface area contributed by atoms with Gasteiger partial charge in [0.2, 0.25) is 0 Å². The molecule has 0 radical (unpaired) electrons. The van der Waals surface area contributed by atoms with Gasteiger partial charge >= 0.3 is 0 Å². The van der Waals surface area contributed by atoms with Gasteiger partial charge in [-0.15, -0.1) is 0 Å². The highest BCUT2D eigenvalue weighted by molar-refractivity contribution is 7.80. The van der Waals surface area contributed by atoms with Gasteiger partial charge in [-0.25, -0.2) is 0 Å². The van der Waals surface area contributed by atoms with Crippen molar-refractivity contribution in [2.24, 2.45) is 0 Å². The SMILES string of the molecule is CCN(CC)C(=S)OC[C@H]1O[C@H](CC(=O)c2ccccc2)C[C@@H]1OCc1ccccc1. The summed E-state index contributed by atoms with van der Waals surface area (Å²) in [7, 11) is 0. The zero-order chi connectivity index (χ0) is 22.1. The van der Waals surface area contributed by atoms with Crippen LogP contribution in [0.25, 0.3) is 0 Å². The van der Waals surface area contributed by atoms with Crippen LogP contribution in [0.5, 0.6) is 0 Å². The number of Topliss-reactive ketones (excluding diaryl/α,β-unsaturated/α-hetero) is 1. The second-order valence-corrected chi connectivity index (χ2v) is 7.96. The molecule has 3 rings (SSSR count). The van der Waals surface area contributed by atoms with E-state index in [9.17, 15) is 4.79 Å². The van der Waals surface area contributed by atoms with Crippen LogP contribution in [-0.4, -0.2) is 53.9 Å². The molecule has 0 saturated carbocycles. The number of ketones is 1. The fourth-order valence-corrected chi connectivity index (χ4v) is 4.03. The second-order valence-electron chi connectivity index (χ2n) is 7.61. The summed E-state index contributed by atoms with van der Waals surface area (Å²) in [6.45, 7) is 6.48. The molecule has 2 aromatic rings. The van der Waals surface area contributed by atoms with Crippen LogP contribution in [0.2, 0.25) is 0 Å². The molecule has 3 atom stereocenters. The maximum absolute atomic E-state index is 12.6. The molecule has 0 unspecified atom stereocenters. The van der Waals surface area contributed by atoms with E-state index in [1.807, 2.05) is 79.4 Å². The molecule has 6 heteroatoms. The van der Waals surface area contributed by atoms with Gasteiger partial charge in [-0.3, -0.25) is 4.79 Å². The smallest absolute Gasteiger partial charge is 0.259 e. The molecule has 5 nitrogen and oxygen atoms in total. The minimum absolute atomic E-state index is 0.0765. The lowest BCUT2D eigenvalue weighted by molar-refractivity contribution is -0.0507. The summed E-state index contributed by atoms with van der Waals surface area (Å²) in [6, 6.07) is 19.4. The Morgan fingerprint density at radius 3 is 2.35 bits per heavy atom. The minimum Gasteiger partial charge on any atom is -0.468 e. The van der Waals surface area contributed by atoms with Gasteiger partial charge < -0.3 is 19.1 Å². The van der Waals surface area contributed by atoms with Crippen molar-refractivity contribution in [1.29, 1.82) is 0 Å². The van der Waals surface area contributed by atoms with E-state index in [1.54, 1.807) is 0 Å². The van der Waals surface area contributed by atoms with Crippen molar-refractivity contribution >= 4 is 23.2 Å². The lowest BCUT2D eigenvalue weighted by atomic mass is 10.0. The number of carbonyl (C=O) groups is 1. The number of nitrogens with zero attached hydrogens (tertiary/aromatic N) is 1. The first-order chi connectivity index (χ1) is 15.1. The predicted octanol–water partition coefficient (Wildman–Crippen LogP) is 4.65. The van der Waals surface area contributed by atoms with Crippen LogP contribution in [0.3, 0.4) is 0 Å². The number of thiocarbonyl (C=S) groups is 1. The quantitative estimate of drug-likeness (QED) is 0.395. The average molecular weight is 442 g/mol. The first kappa shape index (κ1) is 23.4. The summed E-state index contributed by atoms with van der Waals surface area (Å²) in [5.41, 5.74) is 1.81. The Kier molecular flexibility index (Phi) is 9.00. The molecule has 1 fully saturated rings. The molecular weight excluding hydrogens is 410 g/mol. The molecule has 166 valence electrons. The Labute approximate surface area is 190 Å². The van der Waals surface area contributed by atoms with Gasteiger partial charge in [-0.1, -0.05) is 60.7 Å². The van der Waals surface area contributed by atoms with E-state index in [1.165, 1.54) is 0 Å². The van der Waals surface area contributed by atoms with Gasteiger partial charge in [-0.05, 0) is 31.6 Å². The summed E-state index contributed by atoms with van der Waals surface area (Å²) in [5, 5.41) is 0.472. The maximum atomic E-state index is 12.6. The molecule has 1 heterocycles. The predicted molar refractivity (Wildman–Crippen MR) is 125 cm³/mol. The number of carbonyl (C=O) groups excluding carboxylic acids is 1. The van der Waals surface area contributed by atoms with Gasteiger partial charge in [0.25, 0.3) is 5.17 Å². The zero-order valence-corrected chi connectivity index (χ0v) is 19.1. The van der Waals surface area contributed by atoms with Gasteiger partial charge in [-0.2, -0.15) is 0 Å². The third kappa shape index (κ3) is 6.86. The summed E-state index contributed by atoms with van der Waals surface area (Å²) in [6.07, 6.45) is 0.340. The molecule has 0 bridgehead atoms. The zero-order valence-electron chi connectivity index (χ0n) is 18.2. The number of hydrogen-bond acceptors (Lipinski definition) is 5. The minimum atomic E-state index is -0.272. The second kappa shape index (κ2) is 11.9. The van der Waals surface area contributed by atoms with E-state index >= 15 is 0 Å². The van der Waals surface area contributed by atoms with Crippen LogP contribution >= 0.6 is 12.2 Å². The van der Waals surface area contributed by atoms with E-state index in [2.05, 4.69) is 0 Å². The van der Waals surface area contributed by atoms with Crippen molar-refractivity contribution in [3.8, 4) is 0 Å². The number of ether oxygens (including phenoxy) is 3. The number of hydrogen-bond donors (Lipinski definition) is 0. The highest BCUT2D eigenvalue weighted by atomic mass is 32.1. The fourth-order valence-electron chi connectivity index (χ4n) is 3.71. The van der Waals surface area contributed by atoms with Crippen molar-refractivity contribution in [3.63, 3.8) is 0 Å². The average Bonchev–Trinajstić information content (AvgIpc) is 3.19. The largest absolute Gasteiger partial charge is 0.468 e. The lowest BCUT2D eigenvalue weighted by Gasteiger charge is -2.24. The highest BCUT2D eigenvalue weighted by Gasteiger charge is 2.38. The molecule has 0 aromatic heterocycles. The Morgan fingerprint density at radius 2 is 1.71 bits per heavy atom. The van der Waals surface area contributed by atoms with Crippen molar-refractivity contribution in [3.05, 3.63) is 71.8 Å². The van der Waals surface area contributed by atoms with E-state index < -0.39 is 0 Å². The van der Waals surface area contributed by atoms with Crippen molar-refractivity contribution in [1.82, 2.24) is 4.90 Å². The van der Waals surface area contributed by atoms with E-state index in [-0.39, 0.29) is 24.1 Å². The molecule has 1 aliphatic heterocycles. The third-order valence-corrected chi connectivity index (χ3v) is 5.86. The molecule has 0 amide bonds. The standard InChI is InChI=1S/C25H31NO4S/c1-3-26(4-2)25(31)29-18-24-23(28-17-19-11-7-5-8-12-19)16-21(30-24)15-22(27)20-13-9-6-10-14-20/h5-14,21,23-24H,3-4,15-18H2,1-2H3/t21-,23+,24-/m1/s1. The Balaban J connectivity index is 1.61. The first-order valence-electron chi connectivity index (χ1n) is 10.9. The molecule has 1 aliphatic rings. The van der Waals surface area contributed by atoms with Crippen LogP contribution in [-0.2, 0) is 20.8 Å². The van der Waals surface area contributed by atoms with E-state index in [0.717, 1.165) is 18.7 Å². The van der Waals surface area contributed by atoms with Gasteiger partial charge in [0.15, 0.2) is 5.78 Å². The summed E-state index contributed by atoms with van der Waals surface area (Å²) >= 11 is 5.40. The van der Waals surface area contributed by atoms with Crippen LogP contribution < -0.4 is 0 Å². The Bertz CT molecular complexity index is 826. The molecule has 0 aliphatic carbocycles. The normalized spacial score (nSPS) is 20.4. The topological polar surface area (TPSA) is 48.0 Å². The maximum Gasteiger partial charge on any atom is 0.259 e. The first-order valence-corrected chi connectivity index (χ1v) is 11.3. The third-order valence-electron chi connectivity index (χ3n) is 5.49. The Hall–Kier alpha value is -2.28. The van der Waals surface area contributed by atoms with Gasteiger partial charge in [0.05, 0.1) is 18.8 Å². The van der Waals surface area contributed by atoms with Crippen molar-refractivity contribution < 1.29 is 19.0 Å². The van der Waals surface area contributed by atoms with E-state index in [0.29, 0.717) is 36.8 Å².